The van der Waals surface area contributed by atoms with Crippen LogP contribution in [0.1, 0.15) is 15.9 Å². The minimum atomic E-state index is -0.575. The Balaban J connectivity index is 2.24. The van der Waals surface area contributed by atoms with E-state index in [0.717, 1.165) is 10.0 Å². The Kier molecular flexibility index (Phi) is 5.46. The molecule has 112 valence electrons. The van der Waals surface area contributed by atoms with Gasteiger partial charge in [0.25, 0.3) is 11.8 Å². The SMILES string of the molecule is NNC(=O)/C(=C/c1ccccc1)NC(=O)c1ccc(Br)cc1. The van der Waals surface area contributed by atoms with E-state index < -0.39 is 11.8 Å². The molecule has 0 atom stereocenters. The van der Waals surface area contributed by atoms with Crippen LogP contribution in [-0.2, 0) is 4.79 Å². The molecule has 0 aliphatic carbocycles. The largest absolute Gasteiger partial charge is 0.317 e. The number of hydrogen-bond donors (Lipinski definition) is 3. The van der Waals surface area contributed by atoms with Crippen LogP contribution in [0.2, 0.25) is 0 Å². The van der Waals surface area contributed by atoms with Crippen LogP contribution in [0.3, 0.4) is 0 Å². The number of nitrogens with two attached hydrogens (primary N) is 1. The second kappa shape index (κ2) is 7.53. The van der Waals surface area contributed by atoms with Crippen LogP contribution in [0.5, 0.6) is 0 Å². The van der Waals surface area contributed by atoms with Crippen molar-refractivity contribution < 1.29 is 9.59 Å². The molecule has 0 aliphatic heterocycles. The van der Waals surface area contributed by atoms with E-state index >= 15 is 0 Å². The van der Waals surface area contributed by atoms with Gasteiger partial charge in [-0.2, -0.15) is 0 Å². The highest BCUT2D eigenvalue weighted by Gasteiger charge is 2.13. The van der Waals surface area contributed by atoms with Crippen LogP contribution < -0.4 is 16.6 Å². The van der Waals surface area contributed by atoms with E-state index in [2.05, 4.69) is 21.2 Å². The Morgan fingerprint density at radius 3 is 2.23 bits per heavy atom. The molecule has 0 spiro atoms. The van der Waals surface area contributed by atoms with Crippen LogP contribution in [-0.4, -0.2) is 11.8 Å². The van der Waals surface area contributed by atoms with Crippen molar-refractivity contribution in [1.82, 2.24) is 10.7 Å². The number of hydrazine groups is 1. The molecule has 0 aliphatic rings. The molecule has 2 aromatic carbocycles. The van der Waals surface area contributed by atoms with Crippen molar-refractivity contribution in [3.8, 4) is 0 Å². The van der Waals surface area contributed by atoms with Gasteiger partial charge in [0, 0.05) is 10.0 Å². The molecule has 6 heteroatoms. The van der Waals surface area contributed by atoms with Gasteiger partial charge < -0.3 is 5.32 Å². The standard InChI is InChI=1S/C16H14BrN3O2/c17-13-8-6-12(7-9-13)15(21)19-14(16(22)20-18)10-11-4-2-1-3-5-11/h1-10H,18H2,(H,19,21)(H,20,22)/b14-10-. The maximum Gasteiger partial charge on any atom is 0.281 e. The molecule has 0 saturated heterocycles. The van der Waals surface area contributed by atoms with Gasteiger partial charge in [-0.1, -0.05) is 46.3 Å². The first-order chi connectivity index (χ1) is 10.6. The average molecular weight is 360 g/mol. The lowest BCUT2D eigenvalue weighted by Crippen LogP contribution is -2.38. The van der Waals surface area contributed by atoms with E-state index in [4.69, 9.17) is 5.84 Å². The first kappa shape index (κ1) is 15.9. The summed E-state index contributed by atoms with van der Waals surface area (Å²) in [5.74, 6) is 4.20. The van der Waals surface area contributed by atoms with Crippen molar-refractivity contribution in [2.45, 2.75) is 0 Å². The van der Waals surface area contributed by atoms with Crippen LogP contribution in [0, 0.1) is 0 Å². The maximum absolute atomic E-state index is 12.2. The lowest BCUT2D eigenvalue weighted by atomic mass is 10.1. The van der Waals surface area contributed by atoms with Crippen LogP contribution in [0.25, 0.3) is 6.08 Å². The number of amides is 2. The molecule has 0 bridgehead atoms. The summed E-state index contributed by atoms with van der Waals surface area (Å²) < 4.78 is 0.865. The van der Waals surface area contributed by atoms with E-state index in [1.807, 2.05) is 35.8 Å². The van der Waals surface area contributed by atoms with Crippen molar-refractivity contribution >= 4 is 33.8 Å². The first-order valence-corrected chi connectivity index (χ1v) is 7.24. The van der Waals surface area contributed by atoms with Gasteiger partial charge in [0.1, 0.15) is 5.70 Å². The summed E-state index contributed by atoms with van der Waals surface area (Å²) in [6.45, 7) is 0. The fraction of sp³-hybridized carbons (Fsp3) is 0. The van der Waals surface area contributed by atoms with Crippen molar-refractivity contribution in [2.75, 3.05) is 0 Å². The highest BCUT2D eigenvalue weighted by Crippen LogP contribution is 2.11. The van der Waals surface area contributed by atoms with Crippen molar-refractivity contribution in [3.05, 3.63) is 75.9 Å². The molecule has 2 amide bonds. The maximum atomic E-state index is 12.2. The Morgan fingerprint density at radius 1 is 1.00 bits per heavy atom. The second-order valence-electron chi connectivity index (χ2n) is 4.40. The third kappa shape index (κ3) is 4.28. The predicted molar refractivity (Wildman–Crippen MR) is 88.4 cm³/mol. The molecule has 0 saturated carbocycles. The zero-order valence-corrected chi connectivity index (χ0v) is 13.1. The van der Waals surface area contributed by atoms with E-state index in [1.54, 1.807) is 30.3 Å². The summed E-state index contributed by atoms with van der Waals surface area (Å²) in [5, 5.41) is 2.57. The Labute approximate surface area is 136 Å². The Hall–Kier alpha value is -2.44. The zero-order valence-electron chi connectivity index (χ0n) is 11.5. The molecule has 5 nitrogen and oxygen atoms in total. The predicted octanol–water partition coefficient (Wildman–Crippen LogP) is 2.21. The molecule has 2 aromatic rings. The van der Waals surface area contributed by atoms with Gasteiger partial charge >= 0.3 is 0 Å². The normalized spacial score (nSPS) is 10.9. The van der Waals surface area contributed by atoms with Crippen molar-refractivity contribution in [3.63, 3.8) is 0 Å². The lowest BCUT2D eigenvalue weighted by molar-refractivity contribution is -0.117. The van der Waals surface area contributed by atoms with Gasteiger partial charge in [-0.3, -0.25) is 15.0 Å². The number of halogens is 1. The minimum absolute atomic E-state index is 0.0709. The van der Waals surface area contributed by atoms with Crippen molar-refractivity contribution in [2.24, 2.45) is 5.84 Å². The van der Waals surface area contributed by atoms with Gasteiger partial charge in [-0.05, 0) is 35.9 Å². The van der Waals surface area contributed by atoms with Gasteiger partial charge in [0.05, 0.1) is 0 Å². The van der Waals surface area contributed by atoms with Crippen LogP contribution >= 0.6 is 15.9 Å². The highest BCUT2D eigenvalue weighted by molar-refractivity contribution is 9.10. The third-order valence-corrected chi connectivity index (χ3v) is 3.37. The molecule has 0 fully saturated rings. The Morgan fingerprint density at radius 2 is 1.64 bits per heavy atom. The van der Waals surface area contributed by atoms with Crippen LogP contribution in [0.15, 0.2) is 64.8 Å². The molecule has 0 unspecified atom stereocenters. The Bertz CT molecular complexity index is 697. The van der Waals surface area contributed by atoms with Crippen molar-refractivity contribution in [1.29, 1.82) is 0 Å². The number of nitrogens with one attached hydrogen (secondary N) is 2. The van der Waals surface area contributed by atoms with E-state index in [9.17, 15) is 9.59 Å². The zero-order chi connectivity index (χ0) is 15.9. The molecule has 22 heavy (non-hydrogen) atoms. The summed E-state index contributed by atoms with van der Waals surface area (Å²) in [4.78, 5) is 24.0. The molecular formula is C16H14BrN3O2. The number of carbonyl (C=O) groups is 2. The highest BCUT2D eigenvalue weighted by atomic mass is 79.9. The third-order valence-electron chi connectivity index (χ3n) is 2.84. The van der Waals surface area contributed by atoms with E-state index in [-0.39, 0.29) is 5.70 Å². The first-order valence-electron chi connectivity index (χ1n) is 6.45. The molecule has 0 radical (unpaired) electrons. The summed E-state index contributed by atoms with van der Waals surface area (Å²) in [6, 6.07) is 16.0. The smallest absolute Gasteiger partial charge is 0.281 e. The lowest BCUT2D eigenvalue weighted by Gasteiger charge is -2.09. The number of hydrogen-bond acceptors (Lipinski definition) is 3. The summed E-state index contributed by atoms with van der Waals surface area (Å²) >= 11 is 3.30. The molecule has 2 rings (SSSR count). The summed E-state index contributed by atoms with van der Waals surface area (Å²) in [7, 11) is 0. The quantitative estimate of drug-likeness (QED) is 0.338. The number of benzene rings is 2. The topological polar surface area (TPSA) is 84.2 Å². The van der Waals surface area contributed by atoms with Gasteiger partial charge in [-0.25, -0.2) is 5.84 Å². The summed E-state index contributed by atoms with van der Waals surface area (Å²) in [5.41, 5.74) is 3.30. The second-order valence-corrected chi connectivity index (χ2v) is 5.32. The fourth-order valence-corrected chi connectivity index (χ4v) is 2.01. The molecular weight excluding hydrogens is 346 g/mol. The summed E-state index contributed by atoms with van der Waals surface area (Å²) in [6.07, 6.45) is 1.55. The van der Waals surface area contributed by atoms with Gasteiger partial charge in [0.15, 0.2) is 0 Å². The number of rotatable bonds is 4. The monoisotopic (exact) mass is 359 g/mol. The fourth-order valence-electron chi connectivity index (χ4n) is 1.75. The van der Waals surface area contributed by atoms with Crippen LogP contribution in [0.4, 0.5) is 0 Å². The van der Waals surface area contributed by atoms with E-state index in [1.165, 1.54) is 0 Å². The number of carbonyl (C=O) groups excluding carboxylic acids is 2. The average Bonchev–Trinajstić information content (AvgIpc) is 2.55. The molecule has 0 heterocycles. The van der Waals surface area contributed by atoms with E-state index in [0.29, 0.717) is 5.56 Å². The minimum Gasteiger partial charge on any atom is -0.317 e. The molecule has 4 N–H and O–H groups in total. The van der Waals surface area contributed by atoms with Gasteiger partial charge in [0.2, 0.25) is 0 Å². The molecule has 0 aromatic heterocycles. The van der Waals surface area contributed by atoms with Gasteiger partial charge in [-0.15, -0.1) is 0 Å².